The van der Waals surface area contributed by atoms with Crippen molar-refractivity contribution in [3.63, 3.8) is 0 Å². The highest BCUT2D eigenvalue weighted by Crippen LogP contribution is 2.62. The van der Waals surface area contributed by atoms with Gasteiger partial charge in [-0.15, -0.1) is 0 Å². The van der Waals surface area contributed by atoms with Crippen molar-refractivity contribution in [2.45, 2.75) is 109 Å². The van der Waals surface area contributed by atoms with Crippen molar-refractivity contribution in [2.75, 3.05) is 6.54 Å². The molecule has 3 aliphatic carbocycles. The van der Waals surface area contributed by atoms with E-state index >= 15 is 0 Å². The number of hydrogen-bond acceptors (Lipinski definition) is 3. The van der Waals surface area contributed by atoms with Crippen LogP contribution < -0.4 is 10.6 Å². The predicted octanol–water partition coefficient (Wildman–Crippen LogP) is 4.59. The molecule has 3 aliphatic heterocycles. The Balaban J connectivity index is 1.28. The highest BCUT2D eigenvalue weighted by Gasteiger charge is 2.59. The van der Waals surface area contributed by atoms with Crippen LogP contribution >= 0.6 is 0 Å². The summed E-state index contributed by atoms with van der Waals surface area (Å²) in [6.45, 7) is 10.9. The summed E-state index contributed by atoms with van der Waals surface area (Å²) in [6.07, 6.45) is 10.8. The smallest absolute Gasteiger partial charge is 0.220 e. The van der Waals surface area contributed by atoms with Gasteiger partial charge in [0.15, 0.2) is 0 Å². The zero-order chi connectivity index (χ0) is 21.5. The first kappa shape index (κ1) is 20.7. The van der Waals surface area contributed by atoms with E-state index in [4.69, 9.17) is 4.74 Å². The molecule has 0 bridgehead atoms. The largest absolute Gasteiger partial charge is 0.369 e. The van der Waals surface area contributed by atoms with Gasteiger partial charge in [-0.3, -0.25) is 4.79 Å². The van der Waals surface area contributed by atoms with Crippen LogP contribution in [-0.4, -0.2) is 36.2 Å². The quantitative estimate of drug-likeness (QED) is 0.557. The number of carbonyl (C=O) groups is 1. The Morgan fingerprint density at radius 1 is 1.13 bits per heavy atom. The van der Waals surface area contributed by atoms with E-state index in [9.17, 15) is 4.79 Å². The number of hydrogen-bond donors (Lipinski definition) is 2. The summed E-state index contributed by atoms with van der Waals surface area (Å²) in [5, 5.41) is 7.22. The zero-order valence-electron chi connectivity index (χ0n) is 20.0. The lowest BCUT2D eigenvalue weighted by Crippen LogP contribution is -2.57. The second-order valence-electron chi connectivity index (χ2n) is 12.6. The van der Waals surface area contributed by atoms with E-state index in [0.29, 0.717) is 29.5 Å². The van der Waals surface area contributed by atoms with Crippen molar-refractivity contribution >= 4 is 5.91 Å². The SMILES string of the molecule is CC1=C2C[C@H]3[C@@H](CC[C@H]4NC(=O)CC[C@@]43C)[C@@H]2CC[C@@]2(C1)O[C@@H]1C[C@H](C)CN[C@H]1[C@H]2C. The Kier molecular flexibility index (Phi) is 4.72. The van der Waals surface area contributed by atoms with Crippen LogP contribution in [0.15, 0.2) is 11.1 Å². The molecule has 3 heterocycles. The highest BCUT2D eigenvalue weighted by molar-refractivity contribution is 5.77. The lowest BCUT2D eigenvalue weighted by atomic mass is 9.57. The fraction of sp³-hybridized carbons (Fsp3) is 0.889. The van der Waals surface area contributed by atoms with Gasteiger partial charge in [0.25, 0.3) is 0 Å². The molecule has 0 aromatic heterocycles. The Bertz CT molecular complexity index is 807. The van der Waals surface area contributed by atoms with Gasteiger partial charge in [-0.25, -0.2) is 0 Å². The Morgan fingerprint density at radius 2 is 1.97 bits per heavy atom. The molecule has 5 fully saturated rings. The molecule has 2 N–H and O–H groups in total. The van der Waals surface area contributed by atoms with E-state index in [1.54, 1.807) is 11.1 Å². The fourth-order valence-corrected chi connectivity index (χ4v) is 9.27. The van der Waals surface area contributed by atoms with Crippen molar-refractivity contribution in [1.29, 1.82) is 0 Å². The molecule has 0 aromatic carbocycles. The van der Waals surface area contributed by atoms with E-state index in [1.807, 2.05) is 0 Å². The molecule has 1 spiro atoms. The van der Waals surface area contributed by atoms with Crippen molar-refractivity contribution in [1.82, 2.24) is 10.6 Å². The Labute approximate surface area is 188 Å². The van der Waals surface area contributed by atoms with E-state index in [2.05, 4.69) is 38.3 Å². The summed E-state index contributed by atoms with van der Waals surface area (Å²) in [6, 6.07) is 0.943. The molecule has 31 heavy (non-hydrogen) atoms. The van der Waals surface area contributed by atoms with E-state index < -0.39 is 0 Å². The Hall–Kier alpha value is -0.870. The minimum Gasteiger partial charge on any atom is -0.369 e. The number of amides is 1. The molecule has 0 aromatic rings. The van der Waals surface area contributed by atoms with Crippen LogP contribution in [0.4, 0.5) is 0 Å². The van der Waals surface area contributed by atoms with Gasteiger partial charge in [-0.05, 0) is 93.9 Å². The van der Waals surface area contributed by atoms with Crippen molar-refractivity contribution in [3.05, 3.63) is 11.1 Å². The molecule has 4 heteroatoms. The molecule has 4 nitrogen and oxygen atoms in total. The average Bonchev–Trinajstić information content (AvgIpc) is 3.19. The minimum atomic E-state index is 0.0449. The molecule has 6 aliphatic rings. The number of nitrogens with one attached hydrogen (secondary N) is 2. The number of rotatable bonds is 0. The zero-order valence-corrected chi connectivity index (χ0v) is 20.0. The van der Waals surface area contributed by atoms with E-state index in [0.717, 1.165) is 49.5 Å². The van der Waals surface area contributed by atoms with Gasteiger partial charge in [0, 0.05) is 24.4 Å². The van der Waals surface area contributed by atoms with Crippen LogP contribution in [0.2, 0.25) is 0 Å². The van der Waals surface area contributed by atoms with Gasteiger partial charge in [0.05, 0.1) is 11.7 Å². The summed E-state index contributed by atoms with van der Waals surface area (Å²) in [5.41, 5.74) is 3.77. The second-order valence-corrected chi connectivity index (χ2v) is 12.6. The summed E-state index contributed by atoms with van der Waals surface area (Å²) in [4.78, 5) is 12.1. The molecule has 1 amide bonds. The van der Waals surface area contributed by atoms with Gasteiger partial charge in [-0.1, -0.05) is 31.9 Å². The lowest BCUT2D eigenvalue weighted by molar-refractivity contribution is -0.130. The summed E-state index contributed by atoms with van der Waals surface area (Å²) < 4.78 is 7.00. The topological polar surface area (TPSA) is 50.4 Å². The van der Waals surface area contributed by atoms with Crippen LogP contribution in [0, 0.1) is 35.0 Å². The van der Waals surface area contributed by atoms with Crippen molar-refractivity contribution in [3.8, 4) is 0 Å². The molecule has 0 radical (unpaired) electrons. The fourth-order valence-electron chi connectivity index (χ4n) is 9.27. The molecule has 6 rings (SSSR count). The first-order valence-corrected chi connectivity index (χ1v) is 13.2. The predicted molar refractivity (Wildman–Crippen MR) is 122 cm³/mol. The van der Waals surface area contributed by atoms with Crippen LogP contribution in [0.25, 0.3) is 0 Å². The third-order valence-corrected chi connectivity index (χ3v) is 11.1. The third kappa shape index (κ3) is 2.96. The van der Waals surface area contributed by atoms with Gasteiger partial charge in [0.2, 0.25) is 5.91 Å². The summed E-state index contributed by atoms with van der Waals surface area (Å²) in [7, 11) is 0. The van der Waals surface area contributed by atoms with E-state index in [-0.39, 0.29) is 11.5 Å². The van der Waals surface area contributed by atoms with Gasteiger partial charge in [0.1, 0.15) is 0 Å². The first-order valence-electron chi connectivity index (χ1n) is 13.2. The van der Waals surface area contributed by atoms with Crippen LogP contribution in [0.3, 0.4) is 0 Å². The second kappa shape index (κ2) is 7.06. The summed E-state index contributed by atoms with van der Waals surface area (Å²) in [5.74, 6) is 3.92. The molecule has 10 atom stereocenters. The van der Waals surface area contributed by atoms with Gasteiger partial charge < -0.3 is 15.4 Å². The highest BCUT2D eigenvalue weighted by atomic mass is 16.5. The van der Waals surface area contributed by atoms with E-state index in [1.165, 1.54) is 38.5 Å². The molecular weight excluding hydrogens is 384 g/mol. The Morgan fingerprint density at radius 3 is 2.81 bits per heavy atom. The maximum atomic E-state index is 12.1. The lowest BCUT2D eigenvalue weighted by Gasteiger charge is -2.52. The molecule has 3 saturated heterocycles. The molecular formula is C27H42N2O2. The third-order valence-electron chi connectivity index (χ3n) is 11.1. The number of fused-ring (bicyclic) bond motifs is 6. The monoisotopic (exact) mass is 426 g/mol. The number of piperidine rings is 2. The summed E-state index contributed by atoms with van der Waals surface area (Å²) >= 11 is 0. The standard InChI is InChI=1S/C27H42N2O2/c1-15-11-22-25(28-14-15)17(3)27(31-22)10-7-18-19-5-6-23-26(4,9-8-24(30)29-23)21(19)12-20(18)16(2)13-27/h15,17-19,21-23,25,28H,5-14H2,1-4H3,(H,29,30)/t15-,17+,18-,19-,21-,22+,23+,25-,26+,27-/m0/s1. The molecule has 172 valence electrons. The van der Waals surface area contributed by atoms with Gasteiger partial charge >= 0.3 is 0 Å². The average molecular weight is 427 g/mol. The number of allylic oxidation sites excluding steroid dienone is 1. The maximum Gasteiger partial charge on any atom is 0.220 e. The number of ether oxygens (including phenoxy) is 1. The van der Waals surface area contributed by atoms with Crippen LogP contribution in [-0.2, 0) is 9.53 Å². The normalized spacial score (nSPS) is 54.0. The molecule has 2 saturated carbocycles. The van der Waals surface area contributed by atoms with Crippen LogP contribution in [0.5, 0.6) is 0 Å². The van der Waals surface area contributed by atoms with Crippen molar-refractivity contribution < 1.29 is 9.53 Å². The number of carbonyl (C=O) groups excluding carboxylic acids is 1. The van der Waals surface area contributed by atoms with Crippen LogP contribution in [0.1, 0.15) is 85.5 Å². The first-order chi connectivity index (χ1) is 14.8. The maximum absolute atomic E-state index is 12.1. The molecule has 0 unspecified atom stereocenters. The minimum absolute atomic E-state index is 0.0449. The van der Waals surface area contributed by atoms with Gasteiger partial charge in [-0.2, -0.15) is 0 Å². The van der Waals surface area contributed by atoms with Crippen molar-refractivity contribution in [2.24, 2.45) is 35.0 Å².